The molecule has 4 rings (SSSR count). The lowest BCUT2D eigenvalue weighted by molar-refractivity contribution is 0.0786. The lowest BCUT2D eigenvalue weighted by Gasteiger charge is -2.28. The van der Waals surface area contributed by atoms with Gasteiger partial charge < -0.3 is 5.11 Å². The fourth-order valence-corrected chi connectivity index (χ4v) is 3.20. The molecule has 23 heavy (non-hydrogen) atoms. The second-order valence-corrected chi connectivity index (χ2v) is 6.16. The van der Waals surface area contributed by atoms with E-state index >= 15 is 0 Å². The summed E-state index contributed by atoms with van der Waals surface area (Å²) in [5, 5.41) is 20.6. The number of likely N-dealkylation sites (tertiary alicyclic amines) is 1. The zero-order valence-electron chi connectivity index (χ0n) is 13.0. The Morgan fingerprint density at radius 3 is 2.70 bits per heavy atom. The highest BCUT2D eigenvalue weighted by atomic mass is 16.3. The maximum Gasteiger partial charge on any atom is 0.0971 e. The van der Waals surface area contributed by atoms with E-state index in [9.17, 15) is 5.11 Å². The van der Waals surface area contributed by atoms with E-state index in [1.54, 1.807) is 0 Å². The first-order valence-corrected chi connectivity index (χ1v) is 8.09. The summed E-state index contributed by atoms with van der Waals surface area (Å²) in [6.07, 6.45) is 3.56. The Morgan fingerprint density at radius 2 is 1.83 bits per heavy atom. The second-order valence-electron chi connectivity index (χ2n) is 6.16. The Balaban J connectivity index is 1.57. The van der Waals surface area contributed by atoms with Gasteiger partial charge in [-0.1, -0.05) is 41.6 Å². The van der Waals surface area contributed by atoms with E-state index in [-0.39, 0.29) is 6.10 Å². The molecule has 1 aliphatic heterocycles. The second kappa shape index (κ2) is 6.10. The van der Waals surface area contributed by atoms with Crippen LogP contribution in [0.25, 0.3) is 16.5 Å². The van der Waals surface area contributed by atoms with E-state index in [4.69, 9.17) is 0 Å². The van der Waals surface area contributed by atoms with Crippen molar-refractivity contribution >= 4 is 10.8 Å². The predicted molar refractivity (Wildman–Crippen MR) is 89.4 cm³/mol. The van der Waals surface area contributed by atoms with Crippen molar-refractivity contribution in [2.45, 2.75) is 25.5 Å². The minimum Gasteiger partial charge on any atom is -0.393 e. The molecule has 2 aromatic carbocycles. The summed E-state index contributed by atoms with van der Waals surface area (Å²) in [6, 6.07) is 14.5. The van der Waals surface area contributed by atoms with Gasteiger partial charge in [0, 0.05) is 25.0 Å². The van der Waals surface area contributed by atoms with Crippen LogP contribution in [0.5, 0.6) is 0 Å². The molecular weight excluding hydrogens is 288 g/mol. The summed E-state index contributed by atoms with van der Waals surface area (Å²) in [7, 11) is 0. The highest BCUT2D eigenvalue weighted by Crippen LogP contribution is 2.21. The van der Waals surface area contributed by atoms with Gasteiger partial charge in [-0.2, -0.15) is 0 Å². The number of aromatic nitrogens is 3. The fourth-order valence-electron chi connectivity index (χ4n) is 3.20. The van der Waals surface area contributed by atoms with Crippen molar-refractivity contribution in [1.29, 1.82) is 0 Å². The van der Waals surface area contributed by atoms with E-state index in [0.717, 1.165) is 43.9 Å². The quantitative estimate of drug-likeness (QED) is 0.807. The van der Waals surface area contributed by atoms with Crippen molar-refractivity contribution in [1.82, 2.24) is 19.9 Å². The number of fused-ring (bicyclic) bond motifs is 1. The molecule has 1 fully saturated rings. The molecule has 5 heteroatoms. The zero-order chi connectivity index (χ0) is 15.6. The molecule has 1 aliphatic rings. The minimum atomic E-state index is -0.141. The first-order valence-electron chi connectivity index (χ1n) is 8.09. The molecule has 0 radical (unpaired) electrons. The molecule has 0 bridgehead atoms. The van der Waals surface area contributed by atoms with Crippen molar-refractivity contribution < 1.29 is 5.11 Å². The van der Waals surface area contributed by atoms with Crippen molar-refractivity contribution in [3.05, 3.63) is 54.4 Å². The van der Waals surface area contributed by atoms with Crippen molar-refractivity contribution in [2.24, 2.45) is 0 Å². The molecule has 0 saturated carbocycles. The van der Waals surface area contributed by atoms with Crippen LogP contribution < -0.4 is 0 Å². The summed E-state index contributed by atoms with van der Waals surface area (Å²) in [5.41, 5.74) is 2.02. The summed E-state index contributed by atoms with van der Waals surface area (Å²) in [4.78, 5) is 2.32. The van der Waals surface area contributed by atoms with Crippen molar-refractivity contribution in [3.8, 4) is 5.69 Å². The molecule has 5 nitrogen and oxygen atoms in total. The number of benzene rings is 2. The average Bonchev–Trinajstić information content (AvgIpc) is 3.05. The Bertz CT molecular complexity index is 800. The van der Waals surface area contributed by atoms with Gasteiger partial charge in [-0.25, -0.2) is 4.68 Å². The van der Waals surface area contributed by atoms with Crippen LogP contribution in [0.4, 0.5) is 0 Å². The summed E-state index contributed by atoms with van der Waals surface area (Å²) >= 11 is 0. The van der Waals surface area contributed by atoms with Gasteiger partial charge in [0.25, 0.3) is 0 Å². The average molecular weight is 308 g/mol. The first kappa shape index (κ1) is 14.4. The summed E-state index contributed by atoms with van der Waals surface area (Å²) < 4.78 is 1.86. The largest absolute Gasteiger partial charge is 0.393 e. The number of aliphatic hydroxyl groups is 1. The van der Waals surface area contributed by atoms with Crippen LogP contribution in [0.15, 0.2) is 48.7 Å². The summed E-state index contributed by atoms with van der Waals surface area (Å²) in [5.74, 6) is 0. The van der Waals surface area contributed by atoms with Crippen LogP contribution in [0.1, 0.15) is 18.5 Å². The van der Waals surface area contributed by atoms with Crippen molar-refractivity contribution in [2.75, 3.05) is 13.1 Å². The van der Waals surface area contributed by atoms with Crippen LogP contribution in [0, 0.1) is 0 Å². The van der Waals surface area contributed by atoms with E-state index in [1.807, 2.05) is 29.1 Å². The van der Waals surface area contributed by atoms with Gasteiger partial charge in [0.1, 0.15) is 0 Å². The molecule has 0 aliphatic carbocycles. The summed E-state index contributed by atoms with van der Waals surface area (Å²) in [6.45, 7) is 2.63. The van der Waals surface area contributed by atoms with E-state index < -0.39 is 0 Å². The number of nitrogens with zero attached hydrogens (tertiary/aromatic N) is 4. The van der Waals surface area contributed by atoms with Gasteiger partial charge in [-0.3, -0.25) is 4.90 Å². The van der Waals surface area contributed by atoms with Gasteiger partial charge in [-0.15, -0.1) is 5.10 Å². The Hall–Kier alpha value is -2.24. The maximum atomic E-state index is 9.59. The monoisotopic (exact) mass is 308 g/mol. The van der Waals surface area contributed by atoms with Crippen LogP contribution in [-0.4, -0.2) is 44.2 Å². The molecule has 118 valence electrons. The fraction of sp³-hybridized carbons (Fsp3) is 0.333. The van der Waals surface area contributed by atoms with E-state index in [0.29, 0.717) is 0 Å². The molecule has 0 amide bonds. The first-order chi connectivity index (χ1) is 11.3. The lowest BCUT2D eigenvalue weighted by Crippen LogP contribution is -2.35. The predicted octanol–water partition coefficient (Wildman–Crippen LogP) is 2.38. The third-order valence-electron chi connectivity index (χ3n) is 4.50. The lowest BCUT2D eigenvalue weighted by atomic mass is 10.1. The number of hydrogen-bond donors (Lipinski definition) is 1. The Kier molecular flexibility index (Phi) is 3.81. The molecular formula is C18H20N4O. The standard InChI is InChI=1S/C18H20N4O/c23-16-8-10-21(11-9-16)12-15-13-22(20-19-15)18-7-3-5-14-4-1-2-6-17(14)18/h1-7,13,16,23H,8-12H2. The number of hydrogen-bond acceptors (Lipinski definition) is 4. The SMILES string of the molecule is OC1CCN(Cc2cn(-c3cccc4ccccc34)nn2)CC1. The van der Waals surface area contributed by atoms with Gasteiger partial charge in [-0.05, 0) is 24.3 Å². The molecule has 0 atom stereocenters. The molecule has 1 saturated heterocycles. The number of rotatable bonds is 3. The third-order valence-corrected chi connectivity index (χ3v) is 4.50. The number of aliphatic hydroxyl groups excluding tert-OH is 1. The van der Waals surface area contributed by atoms with Crippen molar-refractivity contribution in [3.63, 3.8) is 0 Å². The highest BCUT2D eigenvalue weighted by Gasteiger charge is 2.18. The number of piperidine rings is 1. The Labute approximate surface area is 135 Å². The van der Waals surface area contributed by atoms with Gasteiger partial charge in [0.15, 0.2) is 0 Å². The molecule has 2 heterocycles. The smallest absolute Gasteiger partial charge is 0.0971 e. The molecule has 1 aromatic heterocycles. The third kappa shape index (κ3) is 2.98. The van der Waals surface area contributed by atoms with E-state index in [1.165, 1.54) is 10.8 Å². The van der Waals surface area contributed by atoms with Gasteiger partial charge in [0.2, 0.25) is 0 Å². The highest BCUT2D eigenvalue weighted by molar-refractivity contribution is 5.89. The van der Waals surface area contributed by atoms with Crippen LogP contribution in [0.3, 0.4) is 0 Å². The molecule has 3 aromatic rings. The van der Waals surface area contributed by atoms with Gasteiger partial charge in [0.05, 0.1) is 23.7 Å². The van der Waals surface area contributed by atoms with Crippen LogP contribution >= 0.6 is 0 Å². The minimum absolute atomic E-state index is 0.141. The molecule has 0 spiro atoms. The van der Waals surface area contributed by atoms with Crippen LogP contribution in [0.2, 0.25) is 0 Å². The normalized spacial score (nSPS) is 16.9. The molecule has 1 N–H and O–H groups in total. The van der Waals surface area contributed by atoms with Gasteiger partial charge >= 0.3 is 0 Å². The van der Waals surface area contributed by atoms with E-state index in [2.05, 4.69) is 39.5 Å². The zero-order valence-corrected chi connectivity index (χ0v) is 13.0. The maximum absolute atomic E-state index is 9.59. The van der Waals surface area contributed by atoms with Crippen LogP contribution in [-0.2, 0) is 6.54 Å². The topological polar surface area (TPSA) is 54.2 Å². The molecule has 0 unspecified atom stereocenters. The Morgan fingerprint density at radius 1 is 1.04 bits per heavy atom.